The predicted octanol–water partition coefficient (Wildman–Crippen LogP) is 5.76. The molecule has 3 rings (SSSR count). The third kappa shape index (κ3) is 2.49. The fourth-order valence-electron chi connectivity index (χ4n) is 4.76. The molecule has 2 aliphatic carbocycles. The van der Waals surface area contributed by atoms with Crippen LogP contribution in [-0.4, -0.2) is 0 Å². The van der Waals surface area contributed by atoms with Crippen molar-refractivity contribution in [1.82, 2.24) is 0 Å². The highest BCUT2D eigenvalue weighted by Crippen LogP contribution is 2.53. The van der Waals surface area contributed by atoms with Crippen molar-refractivity contribution in [2.75, 3.05) is 0 Å². The molecule has 0 nitrogen and oxygen atoms in total. The summed E-state index contributed by atoms with van der Waals surface area (Å²) in [7, 11) is 0. The van der Waals surface area contributed by atoms with Gasteiger partial charge in [0.15, 0.2) is 0 Å². The van der Waals surface area contributed by atoms with E-state index in [4.69, 9.17) is 0 Å². The number of benzene rings is 1. The monoisotopic (exact) mass is 324 g/mol. The SMILES string of the molecule is CC1CC2CC(C)C(c3cccc(F)c3Br)C(C1)C2. The molecule has 0 heterocycles. The van der Waals surface area contributed by atoms with Gasteiger partial charge in [-0.25, -0.2) is 4.39 Å². The Labute approximate surface area is 123 Å². The number of rotatable bonds is 1. The minimum absolute atomic E-state index is 0.115. The van der Waals surface area contributed by atoms with Gasteiger partial charge >= 0.3 is 0 Å². The summed E-state index contributed by atoms with van der Waals surface area (Å²) in [6.45, 7) is 4.74. The van der Waals surface area contributed by atoms with E-state index in [1.807, 2.05) is 6.07 Å². The van der Waals surface area contributed by atoms with E-state index in [-0.39, 0.29) is 5.82 Å². The van der Waals surface area contributed by atoms with Gasteiger partial charge < -0.3 is 0 Å². The van der Waals surface area contributed by atoms with Gasteiger partial charge in [-0.15, -0.1) is 0 Å². The second-order valence-electron chi connectivity index (χ2n) is 6.82. The van der Waals surface area contributed by atoms with Crippen molar-refractivity contribution < 1.29 is 4.39 Å². The molecule has 19 heavy (non-hydrogen) atoms. The molecular weight excluding hydrogens is 303 g/mol. The third-order valence-electron chi connectivity index (χ3n) is 5.24. The highest BCUT2D eigenvalue weighted by atomic mass is 79.9. The molecule has 2 fully saturated rings. The molecular formula is C17H22BrF. The zero-order valence-corrected chi connectivity index (χ0v) is 13.3. The van der Waals surface area contributed by atoms with Crippen LogP contribution < -0.4 is 0 Å². The Balaban J connectivity index is 1.96. The van der Waals surface area contributed by atoms with Crippen LogP contribution >= 0.6 is 15.9 Å². The van der Waals surface area contributed by atoms with Gasteiger partial charge in [-0.05, 0) is 82.8 Å². The first-order valence-electron chi connectivity index (χ1n) is 7.50. The van der Waals surface area contributed by atoms with Gasteiger partial charge in [-0.2, -0.15) is 0 Å². The fourth-order valence-corrected chi connectivity index (χ4v) is 5.29. The first kappa shape index (κ1) is 13.6. The van der Waals surface area contributed by atoms with E-state index in [2.05, 4.69) is 35.8 Å². The molecule has 1 aromatic rings. The van der Waals surface area contributed by atoms with Crippen LogP contribution in [-0.2, 0) is 0 Å². The van der Waals surface area contributed by atoms with Crippen molar-refractivity contribution in [3.05, 3.63) is 34.1 Å². The van der Waals surface area contributed by atoms with Crippen LogP contribution in [0.1, 0.15) is 51.0 Å². The lowest BCUT2D eigenvalue weighted by Crippen LogP contribution is -2.35. The molecule has 2 heteroatoms. The quantitative estimate of drug-likeness (QED) is 0.615. The molecule has 5 atom stereocenters. The summed E-state index contributed by atoms with van der Waals surface area (Å²) in [5.41, 5.74) is 1.20. The summed E-state index contributed by atoms with van der Waals surface area (Å²) in [4.78, 5) is 0. The van der Waals surface area contributed by atoms with Gasteiger partial charge in [0.2, 0.25) is 0 Å². The molecule has 0 amide bonds. The molecule has 0 aliphatic heterocycles. The fraction of sp³-hybridized carbons (Fsp3) is 0.647. The second kappa shape index (κ2) is 5.20. The predicted molar refractivity (Wildman–Crippen MR) is 80.6 cm³/mol. The van der Waals surface area contributed by atoms with Crippen LogP contribution in [0.3, 0.4) is 0 Å². The standard InChI is InChI=1S/C17H22BrF/c1-10-6-12-8-11(2)16(13(7-10)9-12)14-4-3-5-15(19)17(14)18/h3-5,10-13,16H,6-9H2,1-2H3. The molecule has 0 radical (unpaired) electrons. The first-order chi connectivity index (χ1) is 9.06. The zero-order valence-electron chi connectivity index (χ0n) is 11.7. The van der Waals surface area contributed by atoms with Crippen molar-refractivity contribution in [3.8, 4) is 0 Å². The molecule has 2 saturated carbocycles. The lowest BCUT2D eigenvalue weighted by Gasteiger charge is -2.47. The highest BCUT2D eigenvalue weighted by Gasteiger charge is 2.41. The summed E-state index contributed by atoms with van der Waals surface area (Å²) in [6.07, 6.45) is 5.38. The van der Waals surface area contributed by atoms with E-state index in [9.17, 15) is 4.39 Å². The molecule has 5 unspecified atom stereocenters. The molecule has 0 aromatic heterocycles. The molecule has 104 valence electrons. The number of hydrogen-bond donors (Lipinski definition) is 0. The molecule has 0 saturated heterocycles. The normalized spacial score (nSPS) is 38.2. The second-order valence-corrected chi connectivity index (χ2v) is 7.61. The largest absolute Gasteiger partial charge is 0.206 e. The lowest BCUT2D eigenvalue weighted by molar-refractivity contribution is 0.0850. The molecule has 1 aromatic carbocycles. The summed E-state index contributed by atoms with van der Waals surface area (Å²) in [5.74, 6) is 3.59. The average molecular weight is 325 g/mol. The number of hydrogen-bond acceptors (Lipinski definition) is 0. The van der Waals surface area contributed by atoms with Crippen LogP contribution in [0.15, 0.2) is 22.7 Å². The minimum atomic E-state index is -0.115. The number of fused-ring (bicyclic) bond motifs is 2. The maximum absolute atomic E-state index is 13.8. The minimum Gasteiger partial charge on any atom is -0.206 e. The van der Waals surface area contributed by atoms with E-state index in [0.717, 1.165) is 17.8 Å². The van der Waals surface area contributed by atoms with Crippen molar-refractivity contribution in [1.29, 1.82) is 0 Å². The Hall–Kier alpha value is -0.370. The third-order valence-corrected chi connectivity index (χ3v) is 6.08. The molecule has 2 bridgehead atoms. The van der Waals surface area contributed by atoms with Crippen molar-refractivity contribution in [2.24, 2.45) is 23.7 Å². The molecule has 0 N–H and O–H groups in total. The Bertz CT molecular complexity index is 466. The van der Waals surface area contributed by atoms with Crippen LogP contribution in [0.25, 0.3) is 0 Å². The van der Waals surface area contributed by atoms with E-state index < -0.39 is 0 Å². The van der Waals surface area contributed by atoms with Crippen molar-refractivity contribution >= 4 is 15.9 Å². The van der Waals surface area contributed by atoms with E-state index in [1.165, 1.54) is 31.2 Å². The van der Waals surface area contributed by atoms with Gasteiger partial charge in [0.25, 0.3) is 0 Å². The number of halogens is 2. The van der Waals surface area contributed by atoms with Gasteiger partial charge in [-0.1, -0.05) is 26.0 Å². The topological polar surface area (TPSA) is 0 Å². The Kier molecular flexibility index (Phi) is 3.72. The van der Waals surface area contributed by atoms with Gasteiger partial charge in [0.1, 0.15) is 5.82 Å². The molecule has 2 aliphatic rings. The van der Waals surface area contributed by atoms with Gasteiger partial charge in [0, 0.05) is 0 Å². The summed E-state index contributed by atoms with van der Waals surface area (Å²) in [5, 5.41) is 0. The van der Waals surface area contributed by atoms with Crippen LogP contribution in [0.5, 0.6) is 0 Å². The smallest absolute Gasteiger partial charge is 0.137 e. The van der Waals surface area contributed by atoms with Gasteiger partial charge in [0.05, 0.1) is 4.47 Å². The summed E-state index contributed by atoms with van der Waals surface area (Å²) < 4.78 is 14.5. The maximum Gasteiger partial charge on any atom is 0.137 e. The summed E-state index contributed by atoms with van der Waals surface area (Å²) in [6, 6.07) is 5.53. The van der Waals surface area contributed by atoms with Gasteiger partial charge in [-0.3, -0.25) is 0 Å². The highest BCUT2D eigenvalue weighted by molar-refractivity contribution is 9.10. The van der Waals surface area contributed by atoms with Crippen molar-refractivity contribution in [3.63, 3.8) is 0 Å². The average Bonchev–Trinajstić information content (AvgIpc) is 2.33. The van der Waals surface area contributed by atoms with E-state index in [1.54, 1.807) is 6.07 Å². The van der Waals surface area contributed by atoms with Crippen molar-refractivity contribution in [2.45, 2.75) is 45.4 Å². The van der Waals surface area contributed by atoms with Crippen LogP contribution in [0.4, 0.5) is 4.39 Å². The summed E-state index contributed by atoms with van der Waals surface area (Å²) >= 11 is 3.47. The van der Waals surface area contributed by atoms with E-state index >= 15 is 0 Å². The first-order valence-corrected chi connectivity index (χ1v) is 8.29. The Morgan fingerprint density at radius 2 is 1.89 bits per heavy atom. The Morgan fingerprint density at radius 3 is 2.68 bits per heavy atom. The van der Waals surface area contributed by atoms with E-state index in [0.29, 0.717) is 16.3 Å². The van der Waals surface area contributed by atoms with Crippen LogP contribution in [0.2, 0.25) is 0 Å². The lowest BCUT2D eigenvalue weighted by atomic mass is 9.59. The Morgan fingerprint density at radius 1 is 1.11 bits per heavy atom. The zero-order chi connectivity index (χ0) is 13.6. The molecule has 0 spiro atoms. The maximum atomic E-state index is 13.8. The van der Waals surface area contributed by atoms with Crippen LogP contribution in [0, 0.1) is 29.5 Å².